The van der Waals surface area contributed by atoms with E-state index in [9.17, 15) is 0 Å². The van der Waals surface area contributed by atoms with Crippen molar-refractivity contribution in [1.82, 2.24) is 0 Å². The van der Waals surface area contributed by atoms with E-state index in [4.69, 9.17) is 0 Å². The Kier molecular flexibility index (Phi) is 3.86. The summed E-state index contributed by atoms with van der Waals surface area (Å²) in [5.41, 5.74) is 9.51. The number of fused-ring (bicyclic) bond motifs is 3. The predicted molar refractivity (Wildman–Crippen MR) is 130 cm³/mol. The van der Waals surface area contributed by atoms with E-state index < -0.39 is 0 Å². The van der Waals surface area contributed by atoms with Gasteiger partial charge in [0, 0.05) is 0 Å². The van der Waals surface area contributed by atoms with Crippen LogP contribution in [0.2, 0.25) is 0 Å². The molecule has 30 heavy (non-hydrogen) atoms. The van der Waals surface area contributed by atoms with E-state index in [0.29, 0.717) is 0 Å². The smallest absolute Gasteiger partial charge is 0.00602 e. The van der Waals surface area contributed by atoms with Crippen molar-refractivity contribution in [3.63, 3.8) is 0 Å². The molecule has 1 aliphatic rings. The van der Waals surface area contributed by atoms with E-state index in [1.165, 1.54) is 60.5 Å². The molecule has 0 bridgehead atoms. The molecule has 0 aromatic heterocycles. The molecule has 0 fully saturated rings. The molecule has 0 aliphatic heterocycles. The third-order valence-electron chi connectivity index (χ3n) is 6.31. The maximum Gasteiger partial charge on any atom is -0.00602 e. The molecule has 0 N–H and O–H groups in total. The minimum absolute atomic E-state index is 1.03. The van der Waals surface area contributed by atoms with Gasteiger partial charge in [-0.3, -0.25) is 0 Å². The standard InChI is InChI=1S/C30H22/c1-20-16-23-18-24(27-14-6-10-21-8-2-4-12-25(21)27)19-30(29(23)17-20)28-15-7-11-22-9-3-5-13-26(22)28/h2-15,17-19H,16H2,1H3. The van der Waals surface area contributed by atoms with E-state index in [0.717, 1.165) is 6.42 Å². The van der Waals surface area contributed by atoms with E-state index in [2.05, 4.69) is 110 Å². The van der Waals surface area contributed by atoms with Gasteiger partial charge in [0.05, 0.1) is 0 Å². The van der Waals surface area contributed by atoms with Gasteiger partial charge in [0.1, 0.15) is 0 Å². The fraction of sp³-hybridized carbons (Fsp3) is 0.0667. The van der Waals surface area contributed by atoms with Crippen molar-refractivity contribution in [3.8, 4) is 22.3 Å². The number of allylic oxidation sites excluding steroid dienone is 1. The SMILES string of the molecule is CC1=Cc2c(cc(-c3cccc4ccccc34)cc2-c2cccc3ccccc23)C1. The maximum atomic E-state index is 2.40. The van der Waals surface area contributed by atoms with Crippen molar-refractivity contribution in [2.24, 2.45) is 0 Å². The van der Waals surface area contributed by atoms with Crippen LogP contribution < -0.4 is 0 Å². The minimum Gasteiger partial charge on any atom is -0.0683 e. The summed E-state index contributed by atoms with van der Waals surface area (Å²) < 4.78 is 0. The molecule has 0 heteroatoms. The lowest BCUT2D eigenvalue weighted by atomic mass is 9.88. The second-order valence-electron chi connectivity index (χ2n) is 8.32. The van der Waals surface area contributed by atoms with Crippen molar-refractivity contribution >= 4 is 27.6 Å². The van der Waals surface area contributed by atoms with Crippen LogP contribution in [-0.2, 0) is 6.42 Å². The molecular weight excluding hydrogens is 360 g/mol. The zero-order valence-electron chi connectivity index (χ0n) is 17.0. The molecule has 0 amide bonds. The van der Waals surface area contributed by atoms with E-state index >= 15 is 0 Å². The first-order chi connectivity index (χ1) is 14.8. The second kappa shape index (κ2) is 6.71. The highest BCUT2D eigenvalue weighted by molar-refractivity contribution is 6.02. The lowest BCUT2D eigenvalue weighted by molar-refractivity contribution is 1.20. The van der Waals surface area contributed by atoms with Crippen LogP contribution in [-0.4, -0.2) is 0 Å². The zero-order chi connectivity index (χ0) is 20.1. The van der Waals surface area contributed by atoms with Crippen molar-refractivity contribution in [3.05, 3.63) is 114 Å². The monoisotopic (exact) mass is 382 g/mol. The van der Waals surface area contributed by atoms with Gasteiger partial charge >= 0.3 is 0 Å². The lowest BCUT2D eigenvalue weighted by Crippen LogP contribution is -1.92. The first-order valence-electron chi connectivity index (χ1n) is 10.6. The van der Waals surface area contributed by atoms with E-state index in [-0.39, 0.29) is 0 Å². The summed E-state index contributed by atoms with van der Waals surface area (Å²) >= 11 is 0. The van der Waals surface area contributed by atoms with Crippen LogP contribution in [0, 0.1) is 0 Å². The van der Waals surface area contributed by atoms with Gasteiger partial charge in [0.15, 0.2) is 0 Å². The molecule has 6 rings (SSSR count). The Balaban J connectivity index is 1.67. The van der Waals surface area contributed by atoms with Crippen LogP contribution in [0.25, 0.3) is 49.9 Å². The fourth-order valence-corrected chi connectivity index (χ4v) is 4.94. The Morgan fingerprint density at radius 1 is 0.567 bits per heavy atom. The Bertz CT molecular complexity index is 1460. The molecule has 5 aromatic rings. The highest BCUT2D eigenvalue weighted by Crippen LogP contribution is 2.41. The molecule has 0 saturated carbocycles. The molecule has 0 unspecified atom stereocenters. The third-order valence-corrected chi connectivity index (χ3v) is 6.31. The molecule has 1 aliphatic carbocycles. The molecule has 142 valence electrons. The Hall–Kier alpha value is -3.64. The molecule has 0 atom stereocenters. The normalized spacial score (nSPS) is 12.9. The predicted octanol–water partition coefficient (Wildman–Crippen LogP) is 8.29. The minimum atomic E-state index is 1.03. The highest BCUT2D eigenvalue weighted by Gasteiger charge is 2.19. The number of hydrogen-bond acceptors (Lipinski definition) is 0. The van der Waals surface area contributed by atoms with Gasteiger partial charge in [-0.25, -0.2) is 0 Å². The van der Waals surface area contributed by atoms with Gasteiger partial charge in [-0.15, -0.1) is 0 Å². The average Bonchev–Trinajstić information content (AvgIpc) is 3.18. The first kappa shape index (κ1) is 17.2. The van der Waals surface area contributed by atoms with Crippen LogP contribution in [0.1, 0.15) is 18.1 Å². The van der Waals surface area contributed by atoms with Crippen LogP contribution in [0.4, 0.5) is 0 Å². The quantitative estimate of drug-likeness (QED) is 0.288. The Morgan fingerprint density at radius 3 is 1.90 bits per heavy atom. The molecule has 0 nitrogen and oxygen atoms in total. The third kappa shape index (κ3) is 2.69. The highest BCUT2D eigenvalue weighted by atomic mass is 14.2. The first-order valence-corrected chi connectivity index (χ1v) is 10.6. The lowest BCUT2D eigenvalue weighted by Gasteiger charge is -2.15. The van der Waals surface area contributed by atoms with Crippen LogP contribution in [0.3, 0.4) is 0 Å². The molecular formula is C30H22. The van der Waals surface area contributed by atoms with Gasteiger partial charge in [-0.2, -0.15) is 0 Å². The fourth-order valence-electron chi connectivity index (χ4n) is 4.94. The summed E-state index contributed by atoms with van der Waals surface area (Å²) in [5, 5.41) is 5.20. The topological polar surface area (TPSA) is 0 Å². The number of rotatable bonds is 2. The van der Waals surface area contributed by atoms with Crippen molar-refractivity contribution in [2.75, 3.05) is 0 Å². The summed E-state index contributed by atoms with van der Waals surface area (Å²) in [7, 11) is 0. The van der Waals surface area contributed by atoms with Crippen molar-refractivity contribution in [1.29, 1.82) is 0 Å². The van der Waals surface area contributed by atoms with Crippen molar-refractivity contribution in [2.45, 2.75) is 13.3 Å². The van der Waals surface area contributed by atoms with Gasteiger partial charge in [0.25, 0.3) is 0 Å². The zero-order valence-corrected chi connectivity index (χ0v) is 17.0. The maximum absolute atomic E-state index is 2.40. The van der Waals surface area contributed by atoms with Gasteiger partial charge in [-0.05, 0) is 74.3 Å². The van der Waals surface area contributed by atoms with E-state index in [1.54, 1.807) is 0 Å². The van der Waals surface area contributed by atoms with Crippen LogP contribution in [0.15, 0.2) is 103 Å². The Morgan fingerprint density at radius 2 is 1.17 bits per heavy atom. The summed E-state index contributed by atoms with van der Waals surface area (Å²) in [6.07, 6.45) is 3.41. The van der Waals surface area contributed by atoms with Gasteiger partial charge < -0.3 is 0 Å². The molecule has 0 heterocycles. The molecule has 0 spiro atoms. The molecule has 0 saturated heterocycles. The van der Waals surface area contributed by atoms with E-state index in [1.807, 2.05) is 0 Å². The van der Waals surface area contributed by atoms with Crippen LogP contribution in [0.5, 0.6) is 0 Å². The largest absolute Gasteiger partial charge is 0.0683 e. The molecule has 5 aromatic carbocycles. The number of hydrogen-bond donors (Lipinski definition) is 0. The van der Waals surface area contributed by atoms with Gasteiger partial charge in [-0.1, -0.05) is 103 Å². The van der Waals surface area contributed by atoms with Crippen molar-refractivity contribution < 1.29 is 0 Å². The summed E-state index contributed by atoms with van der Waals surface area (Å²) in [4.78, 5) is 0. The summed E-state index contributed by atoms with van der Waals surface area (Å²) in [5.74, 6) is 0. The van der Waals surface area contributed by atoms with Crippen LogP contribution >= 0.6 is 0 Å². The van der Waals surface area contributed by atoms with Gasteiger partial charge in [0.2, 0.25) is 0 Å². The summed E-state index contributed by atoms with van der Waals surface area (Å²) in [6.45, 7) is 2.24. The summed E-state index contributed by atoms with van der Waals surface area (Å²) in [6, 6.07) is 35.5. The second-order valence-corrected chi connectivity index (χ2v) is 8.32. The molecule has 0 radical (unpaired) electrons. The average molecular weight is 383 g/mol. The number of benzene rings is 5. The Labute approximate surface area is 177 Å².